The summed E-state index contributed by atoms with van der Waals surface area (Å²) in [4.78, 5) is 11.5. The minimum Gasteiger partial charge on any atom is -0.349 e. The van der Waals surface area contributed by atoms with E-state index in [2.05, 4.69) is 27.9 Å². The average molecular weight is 343 g/mol. The Morgan fingerprint density at radius 3 is 2.73 bits per heavy atom. The summed E-state index contributed by atoms with van der Waals surface area (Å²) in [5.74, 6) is -2.84. The highest BCUT2D eigenvalue weighted by atomic mass is 127. The molecule has 0 radical (unpaired) electrons. The number of carbonyl (C=O) groups excluding carboxylic acids is 1. The number of alkyl halides is 2. The minimum atomic E-state index is -2.58. The Bertz CT molecular complexity index is 385. The quantitative estimate of drug-likeness (QED) is 0.822. The number of thiophene rings is 1. The van der Waals surface area contributed by atoms with E-state index in [1.54, 1.807) is 11.4 Å². The third-order valence-electron chi connectivity index (χ3n) is 2.25. The van der Waals surface area contributed by atoms with Crippen LogP contribution in [0, 0.1) is 2.88 Å². The number of hydrogen-bond acceptors (Lipinski definition) is 2. The largest absolute Gasteiger partial charge is 0.349 e. The Balaban J connectivity index is 1.89. The number of amides is 1. The molecule has 0 bridgehead atoms. The predicted molar refractivity (Wildman–Crippen MR) is 62.5 cm³/mol. The molecule has 1 heterocycles. The summed E-state index contributed by atoms with van der Waals surface area (Å²) >= 11 is 3.58. The molecule has 1 aliphatic carbocycles. The molecular formula is C9H8F2INOS. The molecule has 1 aromatic heterocycles. The highest BCUT2D eigenvalue weighted by Crippen LogP contribution is 2.37. The van der Waals surface area contributed by atoms with Gasteiger partial charge in [-0.3, -0.25) is 4.79 Å². The molecule has 0 spiro atoms. The van der Waals surface area contributed by atoms with Gasteiger partial charge in [0.05, 0.1) is 8.45 Å². The van der Waals surface area contributed by atoms with Crippen LogP contribution in [0.2, 0.25) is 0 Å². The third-order valence-corrected chi connectivity index (χ3v) is 4.04. The van der Waals surface area contributed by atoms with Crippen LogP contribution in [0.5, 0.6) is 0 Å². The fraction of sp³-hybridized carbons (Fsp3) is 0.444. The standard InChI is InChI=1S/C9H8F2INOS/c10-9(11)2-6(3-9)13-8(14)5-1-7(12)15-4-5/h1,4,6H,2-3H2,(H,13,14). The fourth-order valence-electron chi connectivity index (χ4n) is 1.46. The second kappa shape index (κ2) is 3.97. The molecule has 2 nitrogen and oxygen atoms in total. The van der Waals surface area contributed by atoms with Crippen LogP contribution in [0.3, 0.4) is 0 Å². The number of nitrogens with one attached hydrogen (secondary N) is 1. The smallest absolute Gasteiger partial charge is 0.252 e. The van der Waals surface area contributed by atoms with Crippen molar-refractivity contribution in [1.29, 1.82) is 0 Å². The maximum absolute atomic E-state index is 12.5. The zero-order chi connectivity index (χ0) is 11.1. The molecular weight excluding hydrogens is 335 g/mol. The average Bonchev–Trinajstić information content (AvgIpc) is 2.48. The lowest BCUT2D eigenvalue weighted by Crippen LogP contribution is -2.50. The molecule has 82 valence electrons. The monoisotopic (exact) mass is 343 g/mol. The summed E-state index contributed by atoms with van der Waals surface area (Å²) in [6.07, 6.45) is -0.472. The van der Waals surface area contributed by atoms with Gasteiger partial charge in [-0.15, -0.1) is 11.3 Å². The molecule has 0 unspecified atom stereocenters. The molecule has 1 aliphatic rings. The van der Waals surface area contributed by atoms with Gasteiger partial charge in [0, 0.05) is 24.3 Å². The molecule has 0 aromatic carbocycles. The fourth-order valence-corrected chi connectivity index (χ4v) is 2.79. The SMILES string of the molecule is O=C(NC1CC(F)(F)C1)c1csc(I)c1. The first kappa shape index (κ1) is 11.3. The minimum absolute atomic E-state index is 0.236. The van der Waals surface area contributed by atoms with Crippen LogP contribution in [-0.4, -0.2) is 17.9 Å². The molecule has 1 amide bonds. The van der Waals surface area contributed by atoms with Gasteiger partial charge in [0.25, 0.3) is 11.8 Å². The Kier molecular flexibility index (Phi) is 2.98. The summed E-state index contributed by atoms with van der Waals surface area (Å²) in [5, 5.41) is 4.32. The lowest BCUT2D eigenvalue weighted by Gasteiger charge is -2.35. The molecule has 1 fully saturated rings. The van der Waals surface area contributed by atoms with Crippen LogP contribution >= 0.6 is 33.9 Å². The van der Waals surface area contributed by atoms with Crippen LogP contribution in [0.4, 0.5) is 8.78 Å². The van der Waals surface area contributed by atoms with Crippen LogP contribution in [0.25, 0.3) is 0 Å². The van der Waals surface area contributed by atoms with Gasteiger partial charge in [-0.25, -0.2) is 8.78 Å². The van der Waals surface area contributed by atoms with Crippen molar-refractivity contribution in [2.75, 3.05) is 0 Å². The van der Waals surface area contributed by atoms with Gasteiger partial charge in [0.2, 0.25) is 0 Å². The highest BCUT2D eigenvalue weighted by molar-refractivity contribution is 14.1. The van der Waals surface area contributed by atoms with Crippen LogP contribution < -0.4 is 5.32 Å². The Labute approximate surface area is 103 Å². The van der Waals surface area contributed by atoms with Gasteiger partial charge in [-0.05, 0) is 28.7 Å². The lowest BCUT2D eigenvalue weighted by atomic mass is 9.88. The number of rotatable bonds is 2. The van der Waals surface area contributed by atoms with E-state index in [9.17, 15) is 13.6 Å². The van der Waals surface area contributed by atoms with E-state index < -0.39 is 5.92 Å². The van der Waals surface area contributed by atoms with Crippen LogP contribution in [0.15, 0.2) is 11.4 Å². The van der Waals surface area contributed by atoms with E-state index in [-0.39, 0.29) is 24.8 Å². The molecule has 15 heavy (non-hydrogen) atoms. The van der Waals surface area contributed by atoms with E-state index in [0.29, 0.717) is 5.56 Å². The molecule has 1 saturated carbocycles. The van der Waals surface area contributed by atoms with E-state index >= 15 is 0 Å². The van der Waals surface area contributed by atoms with Crippen LogP contribution in [0.1, 0.15) is 23.2 Å². The molecule has 0 saturated heterocycles. The Morgan fingerprint density at radius 2 is 2.27 bits per heavy atom. The van der Waals surface area contributed by atoms with Crippen molar-refractivity contribution >= 4 is 39.8 Å². The van der Waals surface area contributed by atoms with Gasteiger partial charge in [0.15, 0.2) is 0 Å². The molecule has 2 rings (SSSR count). The third kappa shape index (κ3) is 2.66. The zero-order valence-corrected chi connectivity index (χ0v) is 10.6. The lowest BCUT2D eigenvalue weighted by molar-refractivity contribution is -0.0901. The number of halogens is 3. The van der Waals surface area contributed by atoms with Gasteiger partial charge in [-0.2, -0.15) is 0 Å². The summed E-state index contributed by atoms with van der Waals surface area (Å²) in [6, 6.07) is 1.38. The van der Waals surface area contributed by atoms with E-state index in [4.69, 9.17) is 0 Å². The van der Waals surface area contributed by atoms with Gasteiger partial charge in [0.1, 0.15) is 0 Å². The van der Waals surface area contributed by atoms with E-state index in [1.165, 1.54) is 11.3 Å². The van der Waals surface area contributed by atoms with Crippen molar-refractivity contribution in [3.05, 3.63) is 19.9 Å². The van der Waals surface area contributed by atoms with Crippen molar-refractivity contribution in [2.45, 2.75) is 24.8 Å². The molecule has 1 aromatic rings. The summed E-state index contributed by atoms with van der Waals surface area (Å²) in [6.45, 7) is 0. The second-order valence-electron chi connectivity index (χ2n) is 3.57. The molecule has 6 heteroatoms. The van der Waals surface area contributed by atoms with Gasteiger partial charge >= 0.3 is 0 Å². The maximum Gasteiger partial charge on any atom is 0.252 e. The zero-order valence-electron chi connectivity index (χ0n) is 7.60. The molecule has 0 aliphatic heterocycles. The maximum atomic E-state index is 12.5. The van der Waals surface area contributed by atoms with Crippen molar-refractivity contribution < 1.29 is 13.6 Å². The van der Waals surface area contributed by atoms with Crippen molar-refractivity contribution in [1.82, 2.24) is 5.32 Å². The highest BCUT2D eigenvalue weighted by Gasteiger charge is 2.45. The topological polar surface area (TPSA) is 29.1 Å². The van der Waals surface area contributed by atoms with Crippen molar-refractivity contribution in [3.8, 4) is 0 Å². The normalized spacial score (nSPS) is 19.7. The summed E-state index contributed by atoms with van der Waals surface area (Å²) < 4.78 is 26.0. The first-order valence-electron chi connectivity index (χ1n) is 4.39. The van der Waals surface area contributed by atoms with Gasteiger partial charge < -0.3 is 5.32 Å². The molecule has 0 atom stereocenters. The summed E-state index contributed by atoms with van der Waals surface area (Å²) in [7, 11) is 0. The number of carbonyl (C=O) groups is 1. The van der Waals surface area contributed by atoms with E-state index in [0.717, 1.165) is 2.88 Å². The van der Waals surface area contributed by atoms with Crippen molar-refractivity contribution in [2.24, 2.45) is 0 Å². The van der Waals surface area contributed by atoms with Gasteiger partial charge in [-0.1, -0.05) is 0 Å². The van der Waals surface area contributed by atoms with Crippen LogP contribution in [-0.2, 0) is 0 Å². The first-order valence-corrected chi connectivity index (χ1v) is 6.35. The predicted octanol–water partition coefficient (Wildman–Crippen LogP) is 2.88. The second-order valence-corrected chi connectivity index (χ2v) is 6.38. The number of hydrogen-bond donors (Lipinski definition) is 1. The Hall–Kier alpha value is -0.240. The van der Waals surface area contributed by atoms with E-state index in [1.807, 2.05) is 0 Å². The van der Waals surface area contributed by atoms with Crippen molar-refractivity contribution in [3.63, 3.8) is 0 Å². The Morgan fingerprint density at radius 1 is 1.60 bits per heavy atom. The first-order chi connectivity index (χ1) is 6.96. The summed E-state index contributed by atoms with van der Waals surface area (Å²) in [5.41, 5.74) is 0.555. The molecule has 1 N–H and O–H groups in total.